The Hall–Kier alpha value is -8.59. The van der Waals surface area contributed by atoms with Crippen molar-refractivity contribution in [1.82, 2.24) is 48.8 Å². The number of esters is 5. The smallest absolute Gasteiger partial charge is 0.337 e. The highest BCUT2D eigenvalue weighted by Crippen LogP contribution is 2.49. The Morgan fingerprint density at radius 3 is 0.961 bits per heavy atom. The van der Waals surface area contributed by atoms with E-state index in [9.17, 15) is 62.3 Å². The Labute approximate surface area is 604 Å². The minimum Gasteiger partial charge on any atom is -0.460 e. The molecule has 2 rings (SSSR count). The number of hydrogen-bond donors (Lipinski definition) is 2. The summed E-state index contributed by atoms with van der Waals surface area (Å²) in [5.74, 6) is -3.68. The number of carbonyl (C=O) groups excluding carboxylic acids is 10. The maximum absolute atomic E-state index is 13.9. The van der Waals surface area contributed by atoms with Gasteiger partial charge in [-0.1, -0.05) is 53.7 Å². The van der Waals surface area contributed by atoms with E-state index in [4.69, 9.17) is 23.7 Å². The van der Waals surface area contributed by atoms with Gasteiger partial charge in [-0.2, -0.15) is 0 Å². The summed E-state index contributed by atoms with van der Waals surface area (Å²) >= 11 is 0. The summed E-state index contributed by atoms with van der Waals surface area (Å²) < 4.78 is 28.0. The van der Waals surface area contributed by atoms with Crippen molar-refractivity contribution in [2.24, 2.45) is 16.7 Å². The van der Waals surface area contributed by atoms with Crippen LogP contribution in [0.3, 0.4) is 0 Å². The first kappa shape index (κ1) is 91.4. The van der Waals surface area contributed by atoms with Gasteiger partial charge in [0.25, 0.3) is 0 Å². The van der Waals surface area contributed by atoms with Gasteiger partial charge in [-0.15, -0.1) is 0 Å². The van der Waals surface area contributed by atoms with Crippen molar-refractivity contribution < 1.29 is 71.6 Å². The number of hydrogen-bond acceptors (Lipinski definition) is 18. The van der Waals surface area contributed by atoms with Gasteiger partial charge in [0.1, 0.15) is 39.7 Å². The summed E-state index contributed by atoms with van der Waals surface area (Å²) in [4.78, 5) is 177. The Morgan fingerprint density at radius 2 is 0.676 bits per heavy atom. The summed E-state index contributed by atoms with van der Waals surface area (Å²) in [5, 5.41) is 5.67. The van der Waals surface area contributed by atoms with Crippen molar-refractivity contribution in [2.75, 3.05) is 72.3 Å². The lowest BCUT2D eigenvalue weighted by Gasteiger charge is -2.48. The van der Waals surface area contributed by atoms with E-state index < -0.39 is 125 Å². The van der Waals surface area contributed by atoms with Crippen molar-refractivity contribution in [3.05, 3.63) is 92.2 Å². The summed E-state index contributed by atoms with van der Waals surface area (Å²) in [6.07, 6.45) is 2.22. The molecule has 2 unspecified atom stereocenters. The van der Waals surface area contributed by atoms with E-state index >= 15 is 0 Å². The third kappa shape index (κ3) is 30.5. The van der Waals surface area contributed by atoms with Crippen molar-refractivity contribution in [3.8, 4) is 0 Å². The molecule has 28 heteroatoms. The van der Waals surface area contributed by atoms with Crippen LogP contribution in [0.4, 0.5) is 9.59 Å². The van der Waals surface area contributed by atoms with E-state index in [2.05, 4.69) is 64.3 Å². The SMILES string of the molecule is C=C(C)C(=O)OCCN(C(=O)CC1CC(C)(C)CC(C)(CNC(=O)N(CCOC(=O)C(=C)C)C(C)(C)C)C1)C(C)(C)C.C=C(C)C(=O)OCCN(C(=O)CCn1c(=O)n(CCC(=O)N(CCOC(=O)C(=C)C)C(C)(C)C)c(=O)n(CNC(=O)N(CCOC(=O)C(=C)C)C(C)(C)C)c1=O)C(C)(C)C. The van der Waals surface area contributed by atoms with Crippen LogP contribution in [0.2, 0.25) is 0 Å². The molecule has 1 aliphatic carbocycles. The van der Waals surface area contributed by atoms with Gasteiger partial charge in [0.05, 0.1) is 32.7 Å². The second kappa shape index (κ2) is 38.6. The predicted molar refractivity (Wildman–Crippen MR) is 390 cm³/mol. The number of nitrogens with zero attached hydrogens (tertiary/aromatic N) is 8. The Morgan fingerprint density at radius 1 is 0.412 bits per heavy atom. The van der Waals surface area contributed by atoms with Gasteiger partial charge in [-0.25, -0.2) is 61.6 Å². The number of amides is 7. The van der Waals surface area contributed by atoms with Gasteiger partial charge in [0.15, 0.2) is 0 Å². The minimum atomic E-state index is -1.13. The second-order valence-corrected chi connectivity index (χ2v) is 32.4. The van der Waals surface area contributed by atoms with Gasteiger partial charge in [-0.3, -0.25) is 14.4 Å². The van der Waals surface area contributed by atoms with E-state index in [1.54, 1.807) is 86.0 Å². The van der Waals surface area contributed by atoms with Crippen LogP contribution in [0.15, 0.2) is 75.1 Å². The van der Waals surface area contributed by atoms with Crippen LogP contribution < -0.4 is 27.7 Å². The van der Waals surface area contributed by atoms with E-state index in [-0.39, 0.29) is 105 Å². The molecule has 0 aromatic carbocycles. The predicted octanol–water partition coefficient (Wildman–Crippen LogP) is 8.22. The summed E-state index contributed by atoms with van der Waals surface area (Å²) in [6.45, 7) is 58.5. The van der Waals surface area contributed by atoms with Gasteiger partial charge < -0.3 is 58.8 Å². The maximum Gasteiger partial charge on any atom is 0.337 e. The molecular formula is C74H122N10O18. The number of aromatic nitrogens is 3. The molecule has 1 aromatic heterocycles. The van der Waals surface area contributed by atoms with Crippen LogP contribution >= 0.6 is 0 Å². The van der Waals surface area contributed by atoms with Crippen molar-refractivity contribution in [2.45, 2.75) is 245 Å². The summed E-state index contributed by atoms with van der Waals surface area (Å²) in [7, 11) is 0. The van der Waals surface area contributed by atoms with Crippen molar-refractivity contribution in [1.29, 1.82) is 0 Å². The number of ether oxygens (including phenoxy) is 5. The zero-order chi connectivity index (χ0) is 79.2. The van der Waals surface area contributed by atoms with Gasteiger partial charge in [0.2, 0.25) is 17.7 Å². The monoisotopic (exact) mass is 1440 g/mol. The lowest BCUT2D eigenvalue weighted by molar-refractivity contribution is -0.145. The third-order valence-electron chi connectivity index (χ3n) is 16.5. The Bertz CT molecular complexity index is 3180. The fraction of sp³-hybridized carbons (Fsp3) is 0.689. The molecule has 1 fully saturated rings. The molecular weight excluding hydrogens is 1320 g/mol. The molecule has 1 aliphatic rings. The van der Waals surface area contributed by atoms with Crippen LogP contribution in [-0.2, 0) is 81.8 Å². The molecule has 7 amide bonds. The molecule has 576 valence electrons. The largest absolute Gasteiger partial charge is 0.460 e. The van der Waals surface area contributed by atoms with E-state index in [1.165, 1.54) is 35.5 Å². The Kier molecular flexibility index (Phi) is 34.6. The topological polar surface area (TPSA) is 323 Å². The molecule has 28 nitrogen and oxygen atoms in total. The van der Waals surface area contributed by atoms with Crippen molar-refractivity contribution >= 4 is 59.6 Å². The molecule has 2 N–H and O–H groups in total. The molecule has 102 heavy (non-hydrogen) atoms. The third-order valence-corrected chi connectivity index (χ3v) is 16.5. The number of rotatable bonds is 32. The molecule has 1 saturated carbocycles. The first-order valence-corrected chi connectivity index (χ1v) is 34.5. The second-order valence-electron chi connectivity index (χ2n) is 32.4. The summed E-state index contributed by atoms with van der Waals surface area (Å²) in [5.41, 5.74) is -5.68. The maximum atomic E-state index is 13.9. The first-order valence-electron chi connectivity index (χ1n) is 34.5. The van der Waals surface area contributed by atoms with E-state index in [1.807, 2.05) is 41.5 Å². The van der Waals surface area contributed by atoms with Crippen LogP contribution in [0.1, 0.15) is 198 Å². The standard InChI is InChI=1S/C41H65N7O12.C33H57N3O6/c1-27(2)32(51)58-23-20-46(39(7,8)9)30(49)16-18-43-36(55)44(19-17-31(50)47(40(10,11)12)21-24-59-33(52)28(3)4)38(57)45(37(43)56)26-42-35(54)48(41(13,14)15)22-25-60-34(53)29(5)6;1-23(2)27(38)41-16-14-35(30(5,6)7)26(37)18-25-19-32(11,12)21-33(13,20-25)22-34-29(40)36(31(8,9)10)15-17-42-28(39)24(3)4/h1,3,5,16-26H2,2,4,6-15H3,(H,42,54);25H,1,3,14-22H2,2,4-13H3,(H,34,40). The molecule has 0 radical (unpaired) electrons. The average Bonchev–Trinajstić information content (AvgIpc) is 0.787. The highest BCUT2D eigenvalue weighted by molar-refractivity contribution is 5.89. The zero-order valence-corrected chi connectivity index (χ0v) is 65.7. The quantitative estimate of drug-likeness (QED) is 0.0390. The van der Waals surface area contributed by atoms with Gasteiger partial charge in [0, 0.05) is 94.5 Å². The molecule has 1 heterocycles. The lowest BCUT2D eigenvalue weighted by atomic mass is 9.60. The van der Waals surface area contributed by atoms with E-state index in [0.717, 1.165) is 19.3 Å². The summed E-state index contributed by atoms with van der Waals surface area (Å²) in [6, 6.07) is -0.953. The minimum absolute atomic E-state index is 0.00722. The van der Waals surface area contributed by atoms with Crippen LogP contribution in [-0.4, -0.2) is 198 Å². The number of nitrogens with one attached hydrogen (secondary N) is 2. The fourth-order valence-electron chi connectivity index (χ4n) is 11.7. The fourth-order valence-corrected chi connectivity index (χ4v) is 11.7. The highest BCUT2D eigenvalue weighted by atomic mass is 16.5. The van der Waals surface area contributed by atoms with Crippen LogP contribution in [0.5, 0.6) is 0 Å². The zero-order valence-electron chi connectivity index (χ0n) is 65.7. The molecule has 0 saturated heterocycles. The van der Waals surface area contributed by atoms with E-state index in [0.29, 0.717) is 44.4 Å². The van der Waals surface area contributed by atoms with Crippen LogP contribution in [0, 0.1) is 16.7 Å². The lowest BCUT2D eigenvalue weighted by Crippen LogP contribution is -2.58. The van der Waals surface area contributed by atoms with Gasteiger partial charge >= 0.3 is 59.0 Å². The van der Waals surface area contributed by atoms with Crippen molar-refractivity contribution in [3.63, 3.8) is 0 Å². The average molecular weight is 1440 g/mol. The molecule has 0 spiro atoms. The highest BCUT2D eigenvalue weighted by Gasteiger charge is 2.44. The first-order chi connectivity index (χ1) is 46.4. The molecule has 0 aliphatic heterocycles. The normalized spacial score (nSPS) is 15.1. The van der Waals surface area contributed by atoms with Crippen LogP contribution in [0.25, 0.3) is 0 Å². The van der Waals surface area contributed by atoms with Gasteiger partial charge in [-0.05, 0) is 174 Å². The number of carbonyl (C=O) groups is 10. The molecule has 2 atom stereocenters. The Balaban J connectivity index is 0.00000109. The molecule has 0 bridgehead atoms. The molecule has 1 aromatic rings. The number of urea groups is 2.